The first kappa shape index (κ1) is 21.6. The Morgan fingerprint density at radius 3 is 2.52 bits per heavy atom. The second-order valence-electron chi connectivity index (χ2n) is 8.01. The zero-order valence-corrected chi connectivity index (χ0v) is 18.7. The van der Waals surface area contributed by atoms with E-state index in [2.05, 4.69) is 0 Å². The van der Waals surface area contributed by atoms with Crippen molar-refractivity contribution < 1.29 is 17.6 Å². The predicted molar refractivity (Wildman–Crippen MR) is 120 cm³/mol. The standard InChI is InChI=1S/C24H28N2O4S/c1-3-26(18(2)19-7-5-4-6-8-19)24(27)20-11-14-25(15-12-20)31(28,29)22-9-10-23-21(17-22)13-16-30-23/h4-10,13,16-18,20H,3,11-12,14-15H2,1-2H3/t18-/m1/s1. The molecule has 1 aliphatic rings. The molecular weight excluding hydrogens is 412 g/mol. The van der Waals surface area contributed by atoms with Gasteiger partial charge in [-0.1, -0.05) is 30.3 Å². The van der Waals surface area contributed by atoms with E-state index in [0.717, 1.165) is 10.9 Å². The number of carbonyl (C=O) groups excluding carboxylic acids is 1. The van der Waals surface area contributed by atoms with Gasteiger partial charge in [0.25, 0.3) is 0 Å². The maximum Gasteiger partial charge on any atom is 0.243 e. The fourth-order valence-electron chi connectivity index (χ4n) is 4.36. The van der Waals surface area contributed by atoms with Gasteiger partial charge in [-0.3, -0.25) is 4.79 Å². The average Bonchev–Trinajstić information content (AvgIpc) is 3.28. The predicted octanol–water partition coefficient (Wildman–Crippen LogP) is 4.44. The molecule has 4 rings (SSSR count). The van der Waals surface area contributed by atoms with Crippen LogP contribution in [0, 0.1) is 5.92 Å². The lowest BCUT2D eigenvalue weighted by molar-refractivity contribution is -0.138. The van der Waals surface area contributed by atoms with Gasteiger partial charge in [-0.2, -0.15) is 4.31 Å². The third-order valence-corrected chi connectivity index (χ3v) is 8.13. The number of hydrogen-bond acceptors (Lipinski definition) is 4. The van der Waals surface area contributed by atoms with Crippen LogP contribution in [0.4, 0.5) is 0 Å². The quantitative estimate of drug-likeness (QED) is 0.568. The molecule has 0 radical (unpaired) electrons. The number of amides is 1. The monoisotopic (exact) mass is 440 g/mol. The molecule has 1 amide bonds. The summed E-state index contributed by atoms with van der Waals surface area (Å²) in [5.74, 6) is -0.0513. The molecule has 1 aliphatic heterocycles. The summed E-state index contributed by atoms with van der Waals surface area (Å²) in [5.41, 5.74) is 1.77. The van der Waals surface area contributed by atoms with Crippen LogP contribution in [-0.4, -0.2) is 43.2 Å². The summed E-state index contributed by atoms with van der Waals surface area (Å²) in [4.78, 5) is 15.4. The minimum atomic E-state index is -3.60. The molecule has 1 saturated heterocycles. The van der Waals surface area contributed by atoms with Crippen LogP contribution in [0.5, 0.6) is 0 Å². The van der Waals surface area contributed by atoms with Crippen LogP contribution in [-0.2, 0) is 14.8 Å². The number of carbonyl (C=O) groups is 1. The molecule has 0 bridgehead atoms. The summed E-state index contributed by atoms with van der Waals surface area (Å²) in [5, 5.41) is 0.764. The van der Waals surface area contributed by atoms with Crippen LogP contribution >= 0.6 is 0 Å². The molecule has 31 heavy (non-hydrogen) atoms. The molecule has 0 N–H and O–H groups in total. The normalized spacial score (nSPS) is 17.0. The SMILES string of the molecule is CCN(C(=O)C1CCN(S(=O)(=O)c2ccc3occc3c2)CC1)[C@H](C)c1ccccc1. The Kier molecular flexibility index (Phi) is 6.16. The maximum atomic E-state index is 13.2. The molecule has 0 unspecified atom stereocenters. The Labute approximate surface area is 183 Å². The highest BCUT2D eigenvalue weighted by Crippen LogP contribution is 2.29. The zero-order valence-electron chi connectivity index (χ0n) is 17.9. The Morgan fingerprint density at radius 1 is 1.13 bits per heavy atom. The summed E-state index contributed by atoms with van der Waals surface area (Å²) in [6, 6.07) is 16.7. The smallest absolute Gasteiger partial charge is 0.243 e. The van der Waals surface area contributed by atoms with Gasteiger partial charge in [-0.15, -0.1) is 0 Å². The van der Waals surface area contributed by atoms with E-state index < -0.39 is 10.0 Å². The van der Waals surface area contributed by atoms with Gasteiger partial charge < -0.3 is 9.32 Å². The molecule has 1 aromatic heterocycles. The van der Waals surface area contributed by atoms with Crippen molar-refractivity contribution in [2.24, 2.45) is 5.92 Å². The van der Waals surface area contributed by atoms with Gasteiger partial charge in [-0.25, -0.2) is 8.42 Å². The Morgan fingerprint density at radius 2 is 1.84 bits per heavy atom. The molecule has 2 heterocycles. The van der Waals surface area contributed by atoms with Crippen LogP contribution in [0.3, 0.4) is 0 Å². The van der Waals surface area contributed by atoms with E-state index >= 15 is 0 Å². The van der Waals surface area contributed by atoms with Crippen molar-refractivity contribution in [1.82, 2.24) is 9.21 Å². The molecule has 6 nitrogen and oxygen atoms in total. The van der Waals surface area contributed by atoms with Crippen LogP contribution in [0.15, 0.2) is 70.2 Å². The third kappa shape index (κ3) is 4.25. The minimum absolute atomic E-state index is 0.0119. The second-order valence-corrected chi connectivity index (χ2v) is 9.95. The number of furan rings is 1. The highest BCUT2D eigenvalue weighted by Gasteiger charge is 2.34. The number of benzene rings is 2. The molecule has 0 saturated carbocycles. The number of fused-ring (bicyclic) bond motifs is 1. The maximum absolute atomic E-state index is 13.2. The molecule has 0 spiro atoms. The molecular formula is C24H28N2O4S. The van der Waals surface area contributed by atoms with Crippen LogP contribution < -0.4 is 0 Å². The topological polar surface area (TPSA) is 70.8 Å². The molecule has 2 aromatic carbocycles. The van der Waals surface area contributed by atoms with Crippen molar-refractivity contribution >= 4 is 26.9 Å². The van der Waals surface area contributed by atoms with Crippen molar-refractivity contribution in [3.05, 3.63) is 66.4 Å². The van der Waals surface area contributed by atoms with Crippen molar-refractivity contribution in [3.63, 3.8) is 0 Å². The van der Waals surface area contributed by atoms with E-state index in [1.807, 2.05) is 49.1 Å². The van der Waals surface area contributed by atoms with Gasteiger partial charge in [-0.05, 0) is 56.5 Å². The molecule has 7 heteroatoms. The van der Waals surface area contributed by atoms with Crippen molar-refractivity contribution in [2.75, 3.05) is 19.6 Å². The molecule has 0 aliphatic carbocycles. The van der Waals surface area contributed by atoms with E-state index in [1.54, 1.807) is 30.5 Å². The van der Waals surface area contributed by atoms with Gasteiger partial charge in [0.05, 0.1) is 17.2 Å². The number of rotatable bonds is 6. The molecule has 1 fully saturated rings. The van der Waals surface area contributed by atoms with Crippen LogP contribution in [0.2, 0.25) is 0 Å². The van der Waals surface area contributed by atoms with E-state index in [9.17, 15) is 13.2 Å². The summed E-state index contributed by atoms with van der Waals surface area (Å²) in [6.45, 7) is 5.35. The summed E-state index contributed by atoms with van der Waals surface area (Å²) in [6.07, 6.45) is 2.61. The van der Waals surface area contributed by atoms with Gasteiger partial charge in [0.15, 0.2) is 0 Å². The fourth-order valence-corrected chi connectivity index (χ4v) is 5.87. The third-order valence-electron chi connectivity index (χ3n) is 6.24. The molecule has 1 atom stereocenters. The Hall–Kier alpha value is -2.64. The highest BCUT2D eigenvalue weighted by atomic mass is 32.2. The van der Waals surface area contributed by atoms with E-state index in [1.165, 1.54) is 4.31 Å². The van der Waals surface area contributed by atoms with Crippen LogP contribution in [0.1, 0.15) is 38.3 Å². The first-order chi connectivity index (χ1) is 14.9. The summed E-state index contributed by atoms with van der Waals surface area (Å²) < 4.78 is 33.0. The number of piperidine rings is 1. The van der Waals surface area contributed by atoms with Crippen molar-refractivity contribution in [1.29, 1.82) is 0 Å². The second kappa shape index (κ2) is 8.85. The van der Waals surface area contributed by atoms with E-state index in [4.69, 9.17) is 4.42 Å². The van der Waals surface area contributed by atoms with Gasteiger partial charge in [0.1, 0.15) is 5.58 Å². The highest BCUT2D eigenvalue weighted by molar-refractivity contribution is 7.89. The minimum Gasteiger partial charge on any atom is -0.464 e. The van der Waals surface area contributed by atoms with Gasteiger partial charge in [0, 0.05) is 30.9 Å². The Bertz CT molecular complexity index is 1150. The lowest BCUT2D eigenvalue weighted by Gasteiger charge is -2.36. The average molecular weight is 441 g/mol. The largest absolute Gasteiger partial charge is 0.464 e. The number of hydrogen-bond donors (Lipinski definition) is 0. The van der Waals surface area contributed by atoms with Gasteiger partial charge >= 0.3 is 0 Å². The molecule has 164 valence electrons. The number of sulfonamides is 1. The van der Waals surface area contributed by atoms with Crippen molar-refractivity contribution in [3.8, 4) is 0 Å². The van der Waals surface area contributed by atoms with Crippen LogP contribution in [0.25, 0.3) is 11.0 Å². The van der Waals surface area contributed by atoms with Crippen molar-refractivity contribution in [2.45, 2.75) is 37.6 Å². The first-order valence-corrected chi connectivity index (χ1v) is 12.2. The van der Waals surface area contributed by atoms with E-state index in [0.29, 0.717) is 38.1 Å². The summed E-state index contributed by atoms with van der Waals surface area (Å²) in [7, 11) is -3.60. The Balaban J connectivity index is 1.44. The molecule has 3 aromatic rings. The van der Waals surface area contributed by atoms with Gasteiger partial charge in [0.2, 0.25) is 15.9 Å². The zero-order chi connectivity index (χ0) is 22.0. The first-order valence-electron chi connectivity index (χ1n) is 10.7. The lowest BCUT2D eigenvalue weighted by Crippen LogP contribution is -2.45. The fraction of sp³-hybridized carbons (Fsp3) is 0.375. The summed E-state index contributed by atoms with van der Waals surface area (Å²) >= 11 is 0. The van der Waals surface area contributed by atoms with E-state index in [-0.39, 0.29) is 22.8 Å². The number of nitrogens with zero attached hydrogens (tertiary/aromatic N) is 2. The lowest BCUT2D eigenvalue weighted by atomic mass is 9.95.